The SMILES string of the molecule is CCNC(c1ccccc1)C(C)N1CCN(C)CC1C. The van der Waals surface area contributed by atoms with Gasteiger partial charge in [0.05, 0.1) is 0 Å². The summed E-state index contributed by atoms with van der Waals surface area (Å²) in [7, 11) is 2.22. The van der Waals surface area contributed by atoms with Crippen LogP contribution in [-0.2, 0) is 0 Å². The third-order valence-electron chi connectivity index (χ3n) is 4.47. The number of nitrogens with one attached hydrogen (secondary N) is 1. The van der Waals surface area contributed by atoms with Gasteiger partial charge < -0.3 is 10.2 Å². The minimum atomic E-state index is 0.409. The average molecular weight is 275 g/mol. The summed E-state index contributed by atoms with van der Waals surface area (Å²) >= 11 is 0. The Morgan fingerprint density at radius 2 is 1.95 bits per heavy atom. The molecule has 0 saturated carbocycles. The predicted molar refractivity (Wildman–Crippen MR) is 86.0 cm³/mol. The smallest absolute Gasteiger partial charge is 0.0475 e. The molecule has 0 spiro atoms. The van der Waals surface area contributed by atoms with Crippen molar-refractivity contribution in [2.24, 2.45) is 0 Å². The van der Waals surface area contributed by atoms with Crippen LogP contribution in [0.15, 0.2) is 30.3 Å². The monoisotopic (exact) mass is 275 g/mol. The largest absolute Gasteiger partial charge is 0.309 e. The predicted octanol–water partition coefficient (Wildman–Crippen LogP) is 2.36. The van der Waals surface area contributed by atoms with E-state index in [9.17, 15) is 0 Å². The van der Waals surface area contributed by atoms with E-state index in [1.807, 2.05) is 0 Å². The Labute approximate surface area is 124 Å². The number of hydrogen-bond donors (Lipinski definition) is 1. The molecular weight excluding hydrogens is 246 g/mol. The molecule has 1 heterocycles. The minimum absolute atomic E-state index is 0.409. The number of nitrogens with zero attached hydrogens (tertiary/aromatic N) is 2. The summed E-state index contributed by atoms with van der Waals surface area (Å²) in [6.07, 6.45) is 0. The Morgan fingerprint density at radius 3 is 2.55 bits per heavy atom. The van der Waals surface area contributed by atoms with E-state index in [1.54, 1.807) is 0 Å². The van der Waals surface area contributed by atoms with Gasteiger partial charge in [-0.3, -0.25) is 4.90 Å². The van der Waals surface area contributed by atoms with Gasteiger partial charge in [0.2, 0.25) is 0 Å². The van der Waals surface area contributed by atoms with Gasteiger partial charge in [-0.25, -0.2) is 0 Å². The molecule has 20 heavy (non-hydrogen) atoms. The Hall–Kier alpha value is -0.900. The molecule has 1 aliphatic heterocycles. The average Bonchev–Trinajstić information content (AvgIpc) is 2.45. The highest BCUT2D eigenvalue weighted by Gasteiger charge is 2.30. The molecule has 1 N–H and O–H groups in total. The van der Waals surface area contributed by atoms with E-state index in [4.69, 9.17) is 0 Å². The van der Waals surface area contributed by atoms with Crippen molar-refractivity contribution >= 4 is 0 Å². The molecule has 1 aliphatic rings. The van der Waals surface area contributed by atoms with Gasteiger partial charge >= 0.3 is 0 Å². The maximum Gasteiger partial charge on any atom is 0.0475 e. The summed E-state index contributed by atoms with van der Waals surface area (Å²) < 4.78 is 0. The molecule has 0 bridgehead atoms. The highest BCUT2D eigenvalue weighted by molar-refractivity contribution is 5.20. The molecule has 1 aromatic carbocycles. The van der Waals surface area contributed by atoms with E-state index in [1.165, 1.54) is 12.1 Å². The highest BCUT2D eigenvalue weighted by Crippen LogP contribution is 2.24. The first-order chi connectivity index (χ1) is 9.63. The highest BCUT2D eigenvalue weighted by atomic mass is 15.3. The molecule has 1 aromatic rings. The van der Waals surface area contributed by atoms with Crippen molar-refractivity contribution in [3.8, 4) is 0 Å². The van der Waals surface area contributed by atoms with Gasteiger partial charge in [0.15, 0.2) is 0 Å². The quantitative estimate of drug-likeness (QED) is 0.890. The molecule has 3 atom stereocenters. The Bertz CT molecular complexity index is 392. The number of benzene rings is 1. The lowest BCUT2D eigenvalue weighted by Crippen LogP contribution is -2.56. The lowest BCUT2D eigenvalue weighted by molar-refractivity contribution is 0.0521. The summed E-state index contributed by atoms with van der Waals surface area (Å²) in [5.41, 5.74) is 1.40. The number of hydrogen-bond acceptors (Lipinski definition) is 3. The van der Waals surface area contributed by atoms with Crippen molar-refractivity contribution < 1.29 is 0 Å². The maximum absolute atomic E-state index is 3.67. The first kappa shape index (κ1) is 15.5. The molecule has 3 nitrogen and oxygen atoms in total. The van der Waals surface area contributed by atoms with Gasteiger partial charge in [0, 0.05) is 37.8 Å². The minimum Gasteiger partial charge on any atom is -0.309 e. The molecule has 0 radical (unpaired) electrons. The van der Waals surface area contributed by atoms with Crippen LogP contribution in [0.2, 0.25) is 0 Å². The zero-order chi connectivity index (χ0) is 14.5. The molecule has 3 unspecified atom stereocenters. The summed E-state index contributed by atoms with van der Waals surface area (Å²) in [6, 6.07) is 12.4. The fourth-order valence-electron chi connectivity index (χ4n) is 3.40. The van der Waals surface area contributed by atoms with Gasteiger partial charge in [-0.2, -0.15) is 0 Å². The molecule has 0 amide bonds. The molecule has 0 aromatic heterocycles. The van der Waals surface area contributed by atoms with E-state index in [-0.39, 0.29) is 0 Å². The van der Waals surface area contributed by atoms with Crippen LogP contribution in [0, 0.1) is 0 Å². The zero-order valence-corrected chi connectivity index (χ0v) is 13.3. The zero-order valence-electron chi connectivity index (χ0n) is 13.3. The van der Waals surface area contributed by atoms with Crippen LogP contribution in [0.4, 0.5) is 0 Å². The molecule has 1 fully saturated rings. The number of piperazine rings is 1. The Morgan fingerprint density at radius 1 is 1.25 bits per heavy atom. The van der Waals surface area contributed by atoms with E-state index >= 15 is 0 Å². The maximum atomic E-state index is 3.67. The number of likely N-dealkylation sites (N-methyl/N-ethyl adjacent to an activating group) is 2. The molecule has 2 rings (SSSR count). The van der Waals surface area contributed by atoms with Crippen LogP contribution in [0.5, 0.6) is 0 Å². The fourth-order valence-corrected chi connectivity index (χ4v) is 3.40. The molecule has 1 saturated heterocycles. The van der Waals surface area contributed by atoms with Gasteiger partial charge in [0.25, 0.3) is 0 Å². The summed E-state index contributed by atoms with van der Waals surface area (Å²) in [5.74, 6) is 0. The molecule has 3 heteroatoms. The lowest BCUT2D eigenvalue weighted by Gasteiger charge is -2.44. The van der Waals surface area contributed by atoms with Crippen LogP contribution >= 0.6 is 0 Å². The van der Waals surface area contributed by atoms with Gasteiger partial charge in [0.1, 0.15) is 0 Å². The summed E-state index contributed by atoms with van der Waals surface area (Å²) in [5, 5.41) is 3.67. The third-order valence-corrected chi connectivity index (χ3v) is 4.47. The molecule has 0 aliphatic carbocycles. The van der Waals surface area contributed by atoms with Gasteiger partial charge in [-0.1, -0.05) is 37.3 Å². The Kier molecular flexibility index (Phi) is 5.58. The van der Waals surface area contributed by atoms with Crippen LogP contribution < -0.4 is 5.32 Å². The summed E-state index contributed by atoms with van der Waals surface area (Å²) in [4.78, 5) is 5.08. The van der Waals surface area contributed by atoms with Crippen molar-refractivity contribution in [2.75, 3.05) is 33.2 Å². The second-order valence-corrected chi connectivity index (χ2v) is 6.04. The standard InChI is InChI=1S/C17H29N3/c1-5-18-17(16-9-7-6-8-10-16)15(3)20-12-11-19(4)13-14(20)2/h6-10,14-15,17-18H,5,11-13H2,1-4H3. The second-order valence-electron chi connectivity index (χ2n) is 6.04. The van der Waals surface area contributed by atoms with Crippen molar-refractivity contribution in [1.82, 2.24) is 15.1 Å². The van der Waals surface area contributed by atoms with Crippen molar-refractivity contribution in [3.05, 3.63) is 35.9 Å². The van der Waals surface area contributed by atoms with E-state index in [0.717, 1.165) is 19.6 Å². The summed E-state index contributed by atoms with van der Waals surface area (Å²) in [6.45, 7) is 11.4. The molecular formula is C17H29N3. The molecule has 112 valence electrons. The van der Waals surface area contributed by atoms with Crippen LogP contribution in [-0.4, -0.2) is 55.1 Å². The topological polar surface area (TPSA) is 18.5 Å². The van der Waals surface area contributed by atoms with Crippen LogP contribution in [0.25, 0.3) is 0 Å². The van der Waals surface area contributed by atoms with Crippen molar-refractivity contribution in [2.45, 2.75) is 38.9 Å². The van der Waals surface area contributed by atoms with Crippen molar-refractivity contribution in [3.63, 3.8) is 0 Å². The van der Waals surface area contributed by atoms with Crippen molar-refractivity contribution in [1.29, 1.82) is 0 Å². The van der Waals surface area contributed by atoms with Gasteiger partial charge in [-0.15, -0.1) is 0 Å². The fraction of sp³-hybridized carbons (Fsp3) is 0.647. The lowest BCUT2D eigenvalue weighted by atomic mass is 9.97. The Balaban J connectivity index is 2.12. The van der Waals surface area contributed by atoms with Gasteiger partial charge in [-0.05, 0) is 33.0 Å². The van der Waals surface area contributed by atoms with E-state index in [2.05, 4.69) is 73.3 Å². The first-order valence-electron chi connectivity index (χ1n) is 7.86. The van der Waals surface area contributed by atoms with Crippen LogP contribution in [0.1, 0.15) is 32.4 Å². The first-order valence-corrected chi connectivity index (χ1v) is 7.86. The third kappa shape index (κ3) is 3.60. The number of rotatable bonds is 5. The second kappa shape index (κ2) is 7.21. The van der Waals surface area contributed by atoms with Crippen LogP contribution in [0.3, 0.4) is 0 Å². The normalized spacial score (nSPS) is 24.5. The van der Waals surface area contributed by atoms with E-state index < -0.39 is 0 Å². The van der Waals surface area contributed by atoms with E-state index in [0.29, 0.717) is 18.1 Å².